The van der Waals surface area contributed by atoms with Crippen LogP contribution in [0, 0.1) is 5.92 Å². The number of nitrogens with one attached hydrogen (secondary N) is 1. The number of amides is 1. The molecule has 0 aliphatic carbocycles. The van der Waals surface area contributed by atoms with Crippen molar-refractivity contribution in [1.82, 2.24) is 9.97 Å². The maximum atomic E-state index is 11.6. The standard InChI is InChI=1S/C12H13N3O.C2H6/c1-8(2)12(16)15-10-5-3-4-9-11(10)14-7-6-13-9;1-2/h3-8H,1-2H3,(H,15,16);1-2H3. The second-order valence-electron chi connectivity index (χ2n) is 3.87. The quantitative estimate of drug-likeness (QED) is 0.883. The third kappa shape index (κ3) is 3.26. The zero-order chi connectivity index (χ0) is 13.5. The molecule has 96 valence electrons. The summed E-state index contributed by atoms with van der Waals surface area (Å²) in [6.45, 7) is 7.71. The van der Waals surface area contributed by atoms with Crippen LogP contribution in [0.5, 0.6) is 0 Å². The smallest absolute Gasteiger partial charge is 0.226 e. The molecule has 2 aromatic rings. The number of hydrogen-bond acceptors (Lipinski definition) is 3. The normalized spacial score (nSPS) is 9.83. The topological polar surface area (TPSA) is 54.9 Å². The molecule has 0 bridgehead atoms. The fourth-order valence-corrected chi connectivity index (χ4v) is 1.37. The molecule has 4 nitrogen and oxygen atoms in total. The van der Waals surface area contributed by atoms with Crippen LogP contribution in [0.4, 0.5) is 5.69 Å². The molecule has 0 unspecified atom stereocenters. The minimum Gasteiger partial charge on any atom is -0.324 e. The fourth-order valence-electron chi connectivity index (χ4n) is 1.37. The summed E-state index contributed by atoms with van der Waals surface area (Å²) in [5.74, 6) is -0.0647. The van der Waals surface area contributed by atoms with Crippen molar-refractivity contribution in [3.63, 3.8) is 0 Å². The van der Waals surface area contributed by atoms with Gasteiger partial charge in [0.25, 0.3) is 0 Å². The first-order valence-corrected chi connectivity index (χ1v) is 6.19. The second kappa shape index (κ2) is 6.69. The molecule has 1 heterocycles. The van der Waals surface area contributed by atoms with Crippen LogP contribution in [0.3, 0.4) is 0 Å². The lowest BCUT2D eigenvalue weighted by Gasteiger charge is -2.09. The van der Waals surface area contributed by atoms with Gasteiger partial charge < -0.3 is 5.32 Å². The van der Waals surface area contributed by atoms with E-state index in [9.17, 15) is 4.79 Å². The number of carbonyl (C=O) groups is 1. The first-order chi connectivity index (χ1) is 8.68. The molecule has 0 aliphatic heterocycles. The van der Waals surface area contributed by atoms with Gasteiger partial charge in [0.15, 0.2) is 0 Å². The molecular formula is C14H19N3O. The molecule has 0 fully saturated rings. The summed E-state index contributed by atoms with van der Waals surface area (Å²) in [5, 5.41) is 2.84. The highest BCUT2D eigenvalue weighted by Gasteiger charge is 2.09. The van der Waals surface area contributed by atoms with E-state index in [0.717, 1.165) is 11.0 Å². The summed E-state index contributed by atoms with van der Waals surface area (Å²) in [6.07, 6.45) is 3.25. The van der Waals surface area contributed by atoms with Crippen molar-refractivity contribution >= 4 is 22.6 Å². The molecule has 1 N–H and O–H groups in total. The molecule has 1 aromatic carbocycles. The van der Waals surface area contributed by atoms with Crippen LogP contribution < -0.4 is 5.32 Å². The number of aromatic nitrogens is 2. The Bertz CT molecular complexity index is 518. The minimum atomic E-state index is -0.0491. The predicted molar refractivity (Wildman–Crippen MR) is 74.4 cm³/mol. The van der Waals surface area contributed by atoms with E-state index in [-0.39, 0.29) is 11.8 Å². The molecule has 2 rings (SSSR count). The van der Waals surface area contributed by atoms with E-state index in [1.165, 1.54) is 0 Å². The Morgan fingerprint density at radius 1 is 1.17 bits per heavy atom. The lowest BCUT2D eigenvalue weighted by molar-refractivity contribution is -0.118. The first kappa shape index (κ1) is 14.1. The van der Waals surface area contributed by atoms with Gasteiger partial charge in [0.2, 0.25) is 5.91 Å². The Morgan fingerprint density at radius 2 is 1.83 bits per heavy atom. The molecule has 0 saturated carbocycles. The van der Waals surface area contributed by atoms with Crippen molar-refractivity contribution in [2.45, 2.75) is 27.7 Å². The Hall–Kier alpha value is -1.97. The van der Waals surface area contributed by atoms with Gasteiger partial charge in [-0.3, -0.25) is 14.8 Å². The van der Waals surface area contributed by atoms with Crippen LogP contribution in [0.15, 0.2) is 30.6 Å². The summed E-state index contributed by atoms with van der Waals surface area (Å²) in [5.41, 5.74) is 2.22. The van der Waals surface area contributed by atoms with E-state index in [1.807, 2.05) is 45.9 Å². The van der Waals surface area contributed by atoms with E-state index in [2.05, 4.69) is 15.3 Å². The maximum Gasteiger partial charge on any atom is 0.226 e. The van der Waals surface area contributed by atoms with Crippen molar-refractivity contribution < 1.29 is 4.79 Å². The van der Waals surface area contributed by atoms with E-state index in [0.29, 0.717) is 5.69 Å². The van der Waals surface area contributed by atoms with Gasteiger partial charge in [-0.05, 0) is 12.1 Å². The molecule has 0 spiro atoms. The summed E-state index contributed by atoms with van der Waals surface area (Å²) in [6, 6.07) is 5.55. The lowest BCUT2D eigenvalue weighted by Crippen LogP contribution is -2.18. The van der Waals surface area contributed by atoms with E-state index < -0.39 is 0 Å². The van der Waals surface area contributed by atoms with Crippen LogP contribution in [0.25, 0.3) is 11.0 Å². The van der Waals surface area contributed by atoms with Gasteiger partial charge in [0.1, 0.15) is 5.52 Å². The number of fused-ring (bicyclic) bond motifs is 1. The van der Waals surface area contributed by atoms with Crippen LogP contribution in [-0.4, -0.2) is 15.9 Å². The molecular weight excluding hydrogens is 226 g/mol. The Balaban J connectivity index is 0.000000771. The van der Waals surface area contributed by atoms with Gasteiger partial charge in [-0.1, -0.05) is 33.8 Å². The number of hydrogen-bond donors (Lipinski definition) is 1. The number of rotatable bonds is 2. The van der Waals surface area contributed by atoms with Crippen LogP contribution in [0.2, 0.25) is 0 Å². The van der Waals surface area contributed by atoms with Crippen LogP contribution >= 0.6 is 0 Å². The molecule has 1 amide bonds. The van der Waals surface area contributed by atoms with E-state index >= 15 is 0 Å². The van der Waals surface area contributed by atoms with Crippen molar-refractivity contribution in [3.05, 3.63) is 30.6 Å². The average molecular weight is 245 g/mol. The van der Waals surface area contributed by atoms with Crippen molar-refractivity contribution in [2.24, 2.45) is 5.92 Å². The van der Waals surface area contributed by atoms with Gasteiger partial charge in [-0.25, -0.2) is 0 Å². The monoisotopic (exact) mass is 245 g/mol. The minimum absolute atomic E-state index is 0.0156. The number of carbonyl (C=O) groups excluding carboxylic acids is 1. The van der Waals surface area contributed by atoms with Crippen LogP contribution in [0.1, 0.15) is 27.7 Å². The van der Waals surface area contributed by atoms with Gasteiger partial charge in [0, 0.05) is 18.3 Å². The largest absolute Gasteiger partial charge is 0.324 e. The maximum absolute atomic E-state index is 11.6. The molecule has 0 radical (unpaired) electrons. The van der Waals surface area contributed by atoms with Crippen molar-refractivity contribution in [3.8, 4) is 0 Å². The van der Waals surface area contributed by atoms with Crippen LogP contribution in [-0.2, 0) is 4.79 Å². The highest BCUT2D eigenvalue weighted by molar-refractivity contribution is 5.99. The Morgan fingerprint density at radius 3 is 2.50 bits per heavy atom. The van der Waals surface area contributed by atoms with Crippen molar-refractivity contribution in [2.75, 3.05) is 5.32 Å². The number of anilines is 1. The summed E-state index contributed by atoms with van der Waals surface area (Å²) in [4.78, 5) is 20.0. The third-order valence-corrected chi connectivity index (χ3v) is 2.28. The predicted octanol–water partition coefficient (Wildman–Crippen LogP) is 3.25. The second-order valence-corrected chi connectivity index (χ2v) is 3.87. The third-order valence-electron chi connectivity index (χ3n) is 2.28. The summed E-state index contributed by atoms with van der Waals surface area (Å²) in [7, 11) is 0. The zero-order valence-electron chi connectivity index (χ0n) is 11.3. The Labute approximate surface area is 107 Å². The molecule has 0 saturated heterocycles. The molecule has 0 atom stereocenters. The number of para-hydroxylation sites is 1. The molecule has 4 heteroatoms. The summed E-state index contributed by atoms with van der Waals surface area (Å²) < 4.78 is 0. The number of benzene rings is 1. The number of nitrogens with zero attached hydrogens (tertiary/aromatic N) is 2. The highest BCUT2D eigenvalue weighted by Crippen LogP contribution is 2.19. The van der Waals surface area contributed by atoms with Gasteiger partial charge in [-0.2, -0.15) is 0 Å². The Kier molecular flexibility index (Phi) is 5.24. The molecule has 18 heavy (non-hydrogen) atoms. The molecule has 0 aliphatic rings. The average Bonchev–Trinajstić information content (AvgIpc) is 2.41. The lowest BCUT2D eigenvalue weighted by atomic mass is 10.2. The summed E-state index contributed by atoms with van der Waals surface area (Å²) >= 11 is 0. The van der Waals surface area contributed by atoms with Crippen molar-refractivity contribution in [1.29, 1.82) is 0 Å². The van der Waals surface area contributed by atoms with Gasteiger partial charge in [-0.15, -0.1) is 0 Å². The molecule has 1 aromatic heterocycles. The van der Waals surface area contributed by atoms with E-state index in [1.54, 1.807) is 12.4 Å². The zero-order valence-corrected chi connectivity index (χ0v) is 11.3. The SMILES string of the molecule is CC.CC(C)C(=O)Nc1cccc2nccnc12. The first-order valence-electron chi connectivity index (χ1n) is 6.19. The van der Waals surface area contributed by atoms with Gasteiger partial charge in [0.05, 0.1) is 11.2 Å². The van der Waals surface area contributed by atoms with Gasteiger partial charge >= 0.3 is 0 Å². The fraction of sp³-hybridized carbons (Fsp3) is 0.357. The van der Waals surface area contributed by atoms with E-state index in [4.69, 9.17) is 0 Å². The highest BCUT2D eigenvalue weighted by atomic mass is 16.1.